The van der Waals surface area contributed by atoms with E-state index in [4.69, 9.17) is 27.9 Å². The van der Waals surface area contributed by atoms with Crippen LogP contribution < -0.4 is 0 Å². The molecule has 0 aliphatic heterocycles. The zero-order valence-electron chi connectivity index (χ0n) is 11.4. The van der Waals surface area contributed by atoms with Gasteiger partial charge in [-0.25, -0.2) is 4.39 Å². The van der Waals surface area contributed by atoms with Crippen molar-refractivity contribution in [1.29, 1.82) is 0 Å². The van der Waals surface area contributed by atoms with Crippen molar-refractivity contribution < 1.29 is 14.2 Å². The zero-order chi connectivity index (χ0) is 15.4. The Labute approximate surface area is 132 Å². The van der Waals surface area contributed by atoms with Crippen LogP contribution in [-0.4, -0.2) is 28.6 Å². The van der Waals surface area contributed by atoms with Crippen LogP contribution in [0.5, 0.6) is 0 Å². The highest BCUT2D eigenvalue weighted by atomic mass is 35.5. The summed E-state index contributed by atoms with van der Waals surface area (Å²) in [5.41, 5.74) is 1.13. The van der Waals surface area contributed by atoms with Gasteiger partial charge in [-0.2, -0.15) is 5.10 Å². The molecule has 2 aromatic rings. The highest BCUT2D eigenvalue weighted by Gasteiger charge is 2.19. The number of aromatic nitrogens is 2. The maximum absolute atomic E-state index is 13.0. The Kier molecular flexibility index (Phi) is 5.58. The van der Waals surface area contributed by atoms with Gasteiger partial charge < -0.3 is 9.84 Å². The zero-order valence-corrected chi connectivity index (χ0v) is 12.9. The summed E-state index contributed by atoms with van der Waals surface area (Å²) in [4.78, 5) is 0. The molecule has 1 unspecified atom stereocenters. The summed E-state index contributed by atoms with van der Waals surface area (Å²) in [6, 6.07) is 4.07. The number of ether oxygens (including phenoxy) is 1. The molecule has 1 N–H and O–H groups in total. The van der Waals surface area contributed by atoms with Gasteiger partial charge in [-0.3, -0.25) is 4.68 Å². The number of benzene rings is 1. The van der Waals surface area contributed by atoms with Crippen LogP contribution in [0, 0.1) is 5.82 Å². The van der Waals surface area contributed by atoms with E-state index in [1.165, 1.54) is 18.3 Å². The topological polar surface area (TPSA) is 47.3 Å². The molecule has 21 heavy (non-hydrogen) atoms. The van der Waals surface area contributed by atoms with Gasteiger partial charge in [-0.1, -0.05) is 29.3 Å². The lowest BCUT2D eigenvalue weighted by Crippen LogP contribution is -2.14. The van der Waals surface area contributed by atoms with Gasteiger partial charge in [0.1, 0.15) is 11.9 Å². The van der Waals surface area contributed by atoms with E-state index >= 15 is 0 Å². The van der Waals surface area contributed by atoms with E-state index in [0.717, 1.165) is 0 Å². The number of aliphatic hydroxyl groups excluding tert-OH is 1. The number of halogens is 3. The second-order valence-electron chi connectivity index (χ2n) is 4.55. The van der Waals surface area contributed by atoms with Crippen LogP contribution in [0.25, 0.3) is 0 Å². The number of hydrogen-bond acceptors (Lipinski definition) is 3. The second kappa shape index (κ2) is 7.22. The van der Waals surface area contributed by atoms with Crippen LogP contribution in [0.4, 0.5) is 4.39 Å². The number of hydrogen-bond donors (Lipinski definition) is 1. The predicted molar refractivity (Wildman–Crippen MR) is 79.2 cm³/mol. The van der Waals surface area contributed by atoms with Crippen molar-refractivity contribution >= 4 is 23.2 Å². The molecule has 1 aromatic heterocycles. The normalized spacial score (nSPS) is 12.6. The standard InChI is InChI=1S/C14H15Cl2FN2O2/c1-21-5-4-19-14(12(16)8-18-19)13(20)6-9-2-3-10(17)7-11(9)15/h2-3,7-8,13,20H,4-6H2,1H3. The Hall–Kier alpha value is -1.14. The minimum absolute atomic E-state index is 0.220. The molecule has 0 saturated heterocycles. The molecule has 0 bridgehead atoms. The van der Waals surface area contributed by atoms with E-state index in [9.17, 15) is 9.50 Å². The van der Waals surface area contributed by atoms with Crippen molar-refractivity contribution in [1.82, 2.24) is 9.78 Å². The van der Waals surface area contributed by atoms with Crippen molar-refractivity contribution in [2.24, 2.45) is 0 Å². The number of rotatable bonds is 6. The summed E-state index contributed by atoms with van der Waals surface area (Å²) in [7, 11) is 1.58. The maximum atomic E-state index is 13.0. The summed E-state index contributed by atoms with van der Waals surface area (Å²) in [5.74, 6) is -0.415. The van der Waals surface area contributed by atoms with Crippen LogP contribution in [0.15, 0.2) is 24.4 Å². The molecule has 0 radical (unpaired) electrons. The first-order valence-electron chi connectivity index (χ1n) is 6.35. The van der Waals surface area contributed by atoms with E-state index < -0.39 is 11.9 Å². The van der Waals surface area contributed by atoms with Gasteiger partial charge in [0.2, 0.25) is 0 Å². The SMILES string of the molecule is COCCn1ncc(Cl)c1C(O)Cc1ccc(F)cc1Cl. The van der Waals surface area contributed by atoms with Crippen molar-refractivity contribution in [3.8, 4) is 0 Å². The third kappa shape index (κ3) is 3.95. The van der Waals surface area contributed by atoms with Crippen LogP contribution in [0.1, 0.15) is 17.4 Å². The van der Waals surface area contributed by atoms with E-state index in [2.05, 4.69) is 5.10 Å². The fourth-order valence-electron chi connectivity index (χ4n) is 2.05. The third-order valence-electron chi connectivity index (χ3n) is 3.08. The van der Waals surface area contributed by atoms with Crippen molar-refractivity contribution in [2.75, 3.05) is 13.7 Å². The number of aliphatic hydroxyl groups is 1. The molecule has 1 aromatic carbocycles. The Morgan fingerprint density at radius 2 is 2.14 bits per heavy atom. The Balaban J connectivity index is 2.19. The smallest absolute Gasteiger partial charge is 0.124 e. The molecule has 114 valence electrons. The molecule has 1 atom stereocenters. The van der Waals surface area contributed by atoms with E-state index in [1.807, 2.05) is 0 Å². The molecular weight excluding hydrogens is 318 g/mol. The van der Waals surface area contributed by atoms with E-state index in [-0.39, 0.29) is 11.4 Å². The van der Waals surface area contributed by atoms with Gasteiger partial charge >= 0.3 is 0 Å². The monoisotopic (exact) mass is 332 g/mol. The molecule has 0 aliphatic rings. The van der Waals surface area contributed by atoms with Crippen LogP contribution >= 0.6 is 23.2 Å². The third-order valence-corrected chi connectivity index (χ3v) is 3.73. The summed E-state index contributed by atoms with van der Waals surface area (Å²) in [6.07, 6.45) is 0.805. The molecule has 1 heterocycles. The van der Waals surface area contributed by atoms with Gasteiger partial charge in [0.05, 0.1) is 30.1 Å². The number of nitrogens with zero attached hydrogens (tertiary/aromatic N) is 2. The van der Waals surface area contributed by atoms with E-state index in [0.29, 0.717) is 29.4 Å². The second-order valence-corrected chi connectivity index (χ2v) is 5.36. The van der Waals surface area contributed by atoms with Gasteiger partial charge in [-0.05, 0) is 17.7 Å². The average molecular weight is 333 g/mol. The molecule has 0 spiro atoms. The number of methoxy groups -OCH3 is 1. The fourth-order valence-corrected chi connectivity index (χ4v) is 2.56. The largest absolute Gasteiger partial charge is 0.386 e. The van der Waals surface area contributed by atoms with Crippen LogP contribution in [-0.2, 0) is 17.7 Å². The molecule has 0 saturated carbocycles. The lowest BCUT2D eigenvalue weighted by molar-refractivity contribution is 0.153. The van der Waals surface area contributed by atoms with Gasteiger partial charge in [0.15, 0.2) is 0 Å². The minimum atomic E-state index is -0.889. The summed E-state index contributed by atoms with van der Waals surface area (Å²) < 4.78 is 19.6. The highest BCUT2D eigenvalue weighted by Crippen LogP contribution is 2.28. The quantitative estimate of drug-likeness (QED) is 0.883. The molecule has 0 fully saturated rings. The first kappa shape index (κ1) is 16.2. The average Bonchev–Trinajstić information content (AvgIpc) is 2.80. The first-order valence-corrected chi connectivity index (χ1v) is 7.10. The summed E-state index contributed by atoms with van der Waals surface area (Å²) in [5, 5.41) is 15.1. The van der Waals surface area contributed by atoms with Gasteiger partial charge in [0.25, 0.3) is 0 Å². The molecular formula is C14H15Cl2FN2O2. The Morgan fingerprint density at radius 1 is 1.38 bits per heavy atom. The fraction of sp³-hybridized carbons (Fsp3) is 0.357. The van der Waals surface area contributed by atoms with E-state index in [1.54, 1.807) is 17.9 Å². The predicted octanol–water partition coefficient (Wildman–Crippen LogP) is 3.25. The molecule has 7 heteroatoms. The minimum Gasteiger partial charge on any atom is -0.386 e. The molecule has 0 amide bonds. The molecule has 4 nitrogen and oxygen atoms in total. The Morgan fingerprint density at radius 3 is 2.81 bits per heavy atom. The Bertz CT molecular complexity index is 619. The maximum Gasteiger partial charge on any atom is 0.124 e. The lowest BCUT2D eigenvalue weighted by atomic mass is 10.1. The van der Waals surface area contributed by atoms with Gasteiger partial charge in [0, 0.05) is 18.6 Å². The van der Waals surface area contributed by atoms with Gasteiger partial charge in [-0.15, -0.1) is 0 Å². The summed E-state index contributed by atoms with van der Waals surface area (Å²) >= 11 is 12.0. The van der Waals surface area contributed by atoms with Crippen molar-refractivity contribution in [3.05, 3.63) is 51.5 Å². The van der Waals surface area contributed by atoms with Crippen molar-refractivity contribution in [3.63, 3.8) is 0 Å². The highest BCUT2D eigenvalue weighted by molar-refractivity contribution is 6.31. The lowest BCUT2D eigenvalue weighted by Gasteiger charge is -2.15. The van der Waals surface area contributed by atoms with Crippen molar-refractivity contribution in [2.45, 2.75) is 19.1 Å². The molecule has 0 aliphatic carbocycles. The van der Waals surface area contributed by atoms with Crippen LogP contribution in [0.2, 0.25) is 10.0 Å². The summed E-state index contributed by atoms with van der Waals surface area (Å²) in [6.45, 7) is 0.932. The molecule has 2 rings (SSSR count). The first-order chi connectivity index (χ1) is 10.0. The van der Waals surface area contributed by atoms with Crippen LogP contribution in [0.3, 0.4) is 0 Å².